The van der Waals surface area contributed by atoms with Crippen molar-refractivity contribution < 1.29 is 12.6 Å². The van der Waals surface area contributed by atoms with Gasteiger partial charge in [-0.2, -0.15) is 8.42 Å². The molecule has 3 rings (SSSR count). The summed E-state index contributed by atoms with van der Waals surface area (Å²) in [5, 5.41) is 0. The lowest BCUT2D eigenvalue weighted by atomic mass is 9.90. The first-order valence-corrected chi connectivity index (χ1v) is 8.41. The Balaban J connectivity index is 1.64. The van der Waals surface area contributed by atoms with Crippen LogP contribution >= 0.6 is 0 Å². The summed E-state index contributed by atoms with van der Waals surface area (Å²) in [6.07, 6.45) is 5.00. The molecule has 2 saturated carbocycles. The first kappa shape index (κ1) is 13.1. The Bertz CT molecular complexity index is 547. The first-order valence-electron chi connectivity index (χ1n) is 7.01. The van der Waals surface area contributed by atoms with E-state index in [-0.39, 0.29) is 4.90 Å². The van der Waals surface area contributed by atoms with Crippen molar-refractivity contribution in [3.8, 4) is 0 Å². The number of hydrogen-bond donors (Lipinski definition) is 0. The molecule has 0 saturated heterocycles. The van der Waals surface area contributed by atoms with Gasteiger partial charge in [-0.3, -0.25) is 4.18 Å². The molecule has 0 N–H and O–H groups in total. The van der Waals surface area contributed by atoms with Gasteiger partial charge in [-0.1, -0.05) is 24.1 Å². The second-order valence-corrected chi connectivity index (χ2v) is 7.60. The maximum absolute atomic E-state index is 12.1. The summed E-state index contributed by atoms with van der Waals surface area (Å²) in [6.45, 7) is 2.30. The lowest BCUT2D eigenvalue weighted by Gasteiger charge is -2.21. The summed E-state index contributed by atoms with van der Waals surface area (Å²) in [7, 11) is -3.58. The molecule has 3 atom stereocenters. The molecule has 2 fully saturated rings. The van der Waals surface area contributed by atoms with Gasteiger partial charge in [0.2, 0.25) is 0 Å². The van der Waals surface area contributed by atoms with E-state index in [9.17, 15) is 8.42 Å². The minimum Gasteiger partial charge on any atom is -0.266 e. The highest BCUT2D eigenvalue weighted by molar-refractivity contribution is 7.86. The van der Waals surface area contributed by atoms with E-state index in [1.54, 1.807) is 24.3 Å². The summed E-state index contributed by atoms with van der Waals surface area (Å²) in [4.78, 5) is 0.265. The van der Waals surface area contributed by atoms with Gasteiger partial charge in [-0.25, -0.2) is 0 Å². The van der Waals surface area contributed by atoms with E-state index in [2.05, 4.69) is 0 Å². The van der Waals surface area contributed by atoms with Gasteiger partial charge in [0, 0.05) is 0 Å². The number of benzene rings is 1. The third kappa shape index (κ3) is 2.70. The van der Waals surface area contributed by atoms with E-state index >= 15 is 0 Å². The molecule has 104 valence electrons. The van der Waals surface area contributed by atoms with Gasteiger partial charge in [-0.05, 0) is 56.1 Å². The molecule has 0 aliphatic heterocycles. The van der Waals surface area contributed by atoms with Crippen LogP contribution in [0.15, 0.2) is 29.2 Å². The number of rotatable bonds is 4. The van der Waals surface area contributed by atoms with Gasteiger partial charge in [0.15, 0.2) is 0 Å². The van der Waals surface area contributed by atoms with Crippen LogP contribution in [0.1, 0.15) is 31.2 Å². The largest absolute Gasteiger partial charge is 0.296 e. The topological polar surface area (TPSA) is 43.4 Å². The van der Waals surface area contributed by atoms with E-state index in [4.69, 9.17) is 4.18 Å². The smallest absolute Gasteiger partial charge is 0.266 e. The normalized spacial score (nSPS) is 29.8. The van der Waals surface area contributed by atoms with Crippen LogP contribution in [-0.2, 0) is 14.3 Å². The summed E-state index contributed by atoms with van der Waals surface area (Å²) < 4.78 is 29.4. The lowest BCUT2D eigenvalue weighted by molar-refractivity contribution is 0.200. The fraction of sp³-hybridized carbons (Fsp3) is 0.600. The van der Waals surface area contributed by atoms with Crippen molar-refractivity contribution in [3.05, 3.63) is 29.8 Å². The zero-order valence-corrected chi connectivity index (χ0v) is 12.0. The molecule has 3 nitrogen and oxygen atoms in total. The van der Waals surface area contributed by atoms with E-state index in [1.807, 2.05) is 6.92 Å². The maximum Gasteiger partial charge on any atom is 0.296 e. The molecule has 2 bridgehead atoms. The van der Waals surface area contributed by atoms with Crippen molar-refractivity contribution in [2.45, 2.75) is 37.5 Å². The Labute approximate surface area is 115 Å². The van der Waals surface area contributed by atoms with Crippen molar-refractivity contribution >= 4 is 10.1 Å². The Hall–Kier alpha value is -0.870. The number of fused-ring (bicyclic) bond motifs is 2. The van der Waals surface area contributed by atoms with Crippen LogP contribution in [0.2, 0.25) is 0 Å². The Morgan fingerprint density at radius 3 is 2.47 bits per heavy atom. The average Bonchev–Trinajstić information content (AvgIpc) is 2.99. The highest BCUT2D eigenvalue weighted by Gasteiger charge is 2.40. The molecule has 0 unspecified atom stereocenters. The highest BCUT2D eigenvalue weighted by atomic mass is 32.2. The van der Waals surface area contributed by atoms with Gasteiger partial charge in [0.05, 0.1) is 11.5 Å². The first-order chi connectivity index (χ1) is 9.04. The monoisotopic (exact) mass is 280 g/mol. The third-order valence-electron chi connectivity index (χ3n) is 4.63. The molecule has 0 spiro atoms. The van der Waals surface area contributed by atoms with Crippen molar-refractivity contribution in [2.24, 2.45) is 17.8 Å². The summed E-state index contributed by atoms with van der Waals surface area (Å²) in [5.74, 6) is 1.96. The van der Waals surface area contributed by atoms with Gasteiger partial charge in [0.25, 0.3) is 10.1 Å². The van der Waals surface area contributed by atoms with E-state index in [0.717, 1.165) is 17.9 Å². The Morgan fingerprint density at radius 1 is 1.16 bits per heavy atom. The summed E-state index contributed by atoms with van der Waals surface area (Å²) in [5.41, 5.74) is 1.05. The molecule has 1 aromatic rings. The zero-order chi connectivity index (χ0) is 13.5. The van der Waals surface area contributed by atoms with Crippen LogP contribution in [0.4, 0.5) is 0 Å². The summed E-state index contributed by atoms with van der Waals surface area (Å²) >= 11 is 0. The molecular weight excluding hydrogens is 260 g/mol. The predicted molar refractivity (Wildman–Crippen MR) is 73.3 cm³/mol. The van der Waals surface area contributed by atoms with Crippen LogP contribution in [0.25, 0.3) is 0 Å². The third-order valence-corrected chi connectivity index (χ3v) is 5.93. The molecule has 0 heterocycles. The zero-order valence-electron chi connectivity index (χ0n) is 11.2. The molecule has 0 radical (unpaired) electrons. The second-order valence-electron chi connectivity index (χ2n) is 5.99. The van der Waals surface area contributed by atoms with Crippen LogP contribution in [0, 0.1) is 24.7 Å². The van der Waals surface area contributed by atoms with Crippen molar-refractivity contribution in [2.75, 3.05) is 6.61 Å². The van der Waals surface area contributed by atoms with Crippen LogP contribution in [-0.4, -0.2) is 15.0 Å². The molecule has 2 aliphatic rings. The van der Waals surface area contributed by atoms with Gasteiger partial charge in [0.1, 0.15) is 0 Å². The Kier molecular flexibility index (Phi) is 3.39. The molecular formula is C15H20O3S. The highest BCUT2D eigenvalue weighted by Crippen LogP contribution is 2.48. The minimum absolute atomic E-state index is 0.265. The van der Waals surface area contributed by atoms with Gasteiger partial charge < -0.3 is 0 Å². The Morgan fingerprint density at radius 2 is 1.89 bits per heavy atom. The molecule has 1 aromatic carbocycles. The van der Waals surface area contributed by atoms with Gasteiger partial charge >= 0.3 is 0 Å². The summed E-state index contributed by atoms with van der Waals surface area (Å²) in [6, 6.07) is 6.83. The fourth-order valence-corrected chi connectivity index (χ4v) is 4.49. The van der Waals surface area contributed by atoms with E-state index in [1.165, 1.54) is 19.3 Å². The SMILES string of the molecule is Cc1ccc(S(=O)(=O)OC[C@@H]2C[C@H]3CC[C@@H]2C3)cc1. The molecule has 2 aliphatic carbocycles. The van der Waals surface area contributed by atoms with Crippen LogP contribution in [0.5, 0.6) is 0 Å². The number of aryl methyl sites for hydroxylation is 1. The molecule has 0 aromatic heterocycles. The van der Waals surface area contributed by atoms with E-state index in [0.29, 0.717) is 18.4 Å². The average molecular weight is 280 g/mol. The van der Waals surface area contributed by atoms with Crippen molar-refractivity contribution in [1.82, 2.24) is 0 Å². The van der Waals surface area contributed by atoms with Crippen molar-refractivity contribution in [3.63, 3.8) is 0 Å². The minimum atomic E-state index is -3.58. The van der Waals surface area contributed by atoms with Gasteiger partial charge in [-0.15, -0.1) is 0 Å². The second kappa shape index (κ2) is 4.91. The number of hydrogen-bond acceptors (Lipinski definition) is 3. The molecule has 4 heteroatoms. The van der Waals surface area contributed by atoms with Crippen LogP contribution in [0.3, 0.4) is 0 Å². The van der Waals surface area contributed by atoms with Crippen molar-refractivity contribution in [1.29, 1.82) is 0 Å². The lowest BCUT2D eigenvalue weighted by Crippen LogP contribution is -2.19. The molecule has 0 amide bonds. The maximum atomic E-state index is 12.1. The molecule has 19 heavy (non-hydrogen) atoms. The van der Waals surface area contributed by atoms with Crippen LogP contribution < -0.4 is 0 Å². The standard InChI is InChI=1S/C15H20O3S/c1-11-2-6-15(7-3-11)19(16,17)18-10-14-9-12-4-5-13(14)8-12/h2-3,6-7,12-14H,4-5,8-10H2,1H3/t12-,13+,14-/m0/s1. The quantitative estimate of drug-likeness (QED) is 0.796. The predicted octanol–water partition coefficient (Wildman–Crippen LogP) is 3.14. The fourth-order valence-electron chi connectivity index (χ4n) is 3.53. The van der Waals surface area contributed by atoms with E-state index < -0.39 is 10.1 Å².